The number of fused-ring (bicyclic) bond motifs is 2. The lowest BCUT2D eigenvalue weighted by atomic mass is 10.1. The van der Waals surface area contributed by atoms with Crippen LogP contribution in [0.4, 0.5) is 0 Å². The molecule has 1 aliphatic heterocycles. The highest BCUT2D eigenvalue weighted by Crippen LogP contribution is 2.38. The molecule has 1 N–H and O–H groups in total. The van der Waals surface area contributed by atoms with E-state index in [1.54, 1.807) is 6.92 Å². The third kappa shape index (κ3) is 1.64. The second-order valence-corrected chi connectivity index (χ2v) is 4.56. The summed E-state index contributed by atoms with van der Waals surface area (Å²) in [6, 6.07) is 3.97. The van der Waals surface area contributed by atoms with E-state index in [4.69, 9.17) is 9.47 Å². The highest BCUT2D eigenvalue weighted by Gasteiger charge is 2.18. The maximum absolute atomic E-state index is 9.85. The highest BCUT2D eigenvalue weighted by atomic mass is 16.6. The number of nitrogens with zero attached hydrogens (tertiary/aromatic N) is 1. The van der Waals surface area contributed by atoms with Gasteiger partial charge >= 0.3 is 0 Å². The zero-order valence-corrected chi connectivity index (χ0v) is 10.6. The van der Waals surface area contributed by atoms with E-state index >= 15 is 0 Å². The molecule has 0 spiro atoms. The molecule has 1 unspecified atom stereocenters. The van der Waals surface area contributed by atoms with Crippen molar-refractivity contribution in [3.05, 3.63) is 23.9 Å². The zero-order valence-electron chi connectivity index (χ0n) is 10.6. The van der Waals surface area contributed by atoms with Crippen LogP contribution in [0.5, 0.6) is 11.5 Å². The van der Waals surface area contributed by atoms with Crippen molar-refractivity contribution in [3.63, 3.8) is 0 Å². The Morgan fingerprint density at radius 3 is 2.56 bits per heavy atom. The van der Waals surface area contributed by atoms with Gasteiger partial charge in [0.2, 0.25) is 0 Å². The van der Waals surface area contributed by atoms with Gasteiger partial charge in [-0.3, -0.25) is 0 Å². The third-order valence-corrected chi connectivity index (χ3v) is 3.37. The van der Waals surface area contributed by atoms with Crippen LogP contribution >= 0.6 is 0 Å². The maximum Gasteiger partial charge on any atom is 0.163 e. The Balaban J connectivity index is 2.27. The fourth-order valence-electron chi connectivity index (χ4n) is 2.45. The molecule has 96 valence electrons. The van der Waals surface area contributed by atoms with Gasteiger partial charge in [0, 0.05) is 29.8 Å². The lowest BCUT2D eigenvalue weighted by Gasteiger charge is -2.18. The molecule has 18 heavy (non-hydrogen) atoms. The Morgan fingerprint density at radius 1 is 1.28 bits per heavy atom. The van der Waals surface area contributed by atoms with Gasteiger partial charge in [-0.15, -0.1) is 0 Å². The molecule has 0 radical (unpaired) electrons. The van der Waals surface area contributed by atoms with Crippen LogP contribution < -0.4 is 9.47 Å². The summed E-state index contributed by atoms with van der Waals surface area (Å²) < 4.78 is 13.3. The minimum Gasteiger partial charge on any atom is -0.486 e. The monoisotopic (exact) mass is 247 g/mol. The Labute approximate surface area is 106 Å². The van der Waals surface area contributed by atoms with Crippen molar-refractivity contribution < 1.29 is 14.6 Å². The minimum absolute atomic E-state index is 0.483. The standard InChI is InChI=1S/C14H17NO3/c1-3-15-8-11(9(2)16)10-6-13-14(7-12(10)15)18-5-4-17-13/h6-9,16H,3-5H2,1-2H3. The SMILES string of the molecule is CCn1cc(C(C)O)c2cc3c(cc21)OCCO3. The first-order valence-corrected chi connectivity index (χ1v) is 6.31. The fraction of sp³-hybridized carbons (Fsp3) is 0.429. The topological polar surface area (TPSA) is 43.6 Å². The molecular formula is C14H17NO3. The predicted molar refractivity (Wildman–Crippen MR) is 69.2 cm³/mol. The van der Waals surface area contributed by atoms with E-state index in [9.17, 15) is 5.11 Å². The average molecular weight is 247 g/mol. The first-order valence-electron chi connectivity index (χ1n) is 6.31. The lowest BCUT2D eigenvalue weighted by molar-refractivity contribution is 0.172. The van der Waals surface area contributed by atoms with Crippen LogP contribution in [0.25, 0.3) is 10.9 Å². The van der Waals surface area contributed by atoms with Crippen molar-refractivity contribution in [3.8, 4) is 11.5 Å². The van der Waals surface area contributed by atoms with Gasteiger partial charge in [-0.25, -0.2) is 0 Å². The van der Waals surface area contributed by atoms with E-state index in [1.165, 1.54) is 0 Å². The molecule has 0 aliphatic carbocycles. The largest absolute Gasteiger partial charge is 0.486 e. The summed E-state index contributed by atoms with van der Waals surface area (Å²) in [7, 11) is 0. The molecule has 1 aromatic heterocycles. The second kappa shape index (κ2) is 4.21. The van der Waals surface area contributed by atoms with Gasteiger partial charge < -0.3 is 19.1 Å². The van der Waals surface area contributed by atoms with E-state index < -0.39 is 6.10 Å². The van der Waals surface area contributed by atoms with Gasteiger partial charge in [-0.1, -0.05) is 0 Å². The van der Waals surface area contributed by atoms with Crippen LogP contribution in [0.3, 0.4) is 0 Å². The number of benzene rings is 1. The third-order valence-electron chi connectivity index (χ3n) is 3.37. The average Bonchev–Trinajstić information content (AvgIpc) is 2.74. The number of rotatable bonds is 2. The van der Waals surface area contributed by atoms with Crippen molar-refractivity contribution >= 4 is 10.9 Å². The maximum atomic E-state index is 9.85. The highest BCUT2D eigenvalue weighted by molar-refractivity contribution is 5.88. The summed E-state index contributed by atoms with van der Waals surface area (Å²) in [6.45, 7) is 5.90. The number of aliphatic hydroxyl groups is 1. The van der Waals surface area contributed by atoms with Crippen molar-refractivity contribution in [2.24, 2.45) is 0 Å². The van der Waals surface area contributed by atoms with Gasteiger partial charge in [0.1, 0.15) is 13.2 Å². The smallest absolute Gasteiger partial charge is 0.163 e. The van der Waals surface area contributed by atoms with E-state index in [0.717, 1.165) is 34.5 Å². The molecule has 0 bridgehead atoms. The Morgan fingerprint density at radius 2 is 1.94 bits per heavy atom. The van der Waals surface area contributed by atoms with Gasteiger partial charge in [-0.2, -0.15) is 0 Å². The zero-order chi connectivity index (χ0) is 12.7. The van der Waals surface area contributed by atoms with Crippen molar-refractivity contribution in [2.75, 3.05) is 13.2 Å². The van der Waals surface area contributed by atoms with Gasteiger partial charge in [-0.05, 0) is 19.9 Å². The summed E-state index contributed by atoms with van der Waals surface area (Å²) in [6.07, 6.45) is 1.52. The number of aromatic nitrogens is 1. The van der Waals surface area contributed by atoms with Crippen LogP contribution in [-0.4, -0.2) is 22.9 Å². The Kier molecular flexibility index (Phi) is 2.67. The van der Waals surface area contributed by atoms with Crippen LogP contribution in [0.15, 0.2) is 18.3 Å². The summed E-state index contributed by atoms with van der Waals surface area (Å²) in [5, 5.41) is 10.9. The summed E-state index contributed by atoms with van der Waals surface area (Å²) in [5.74, 6) is 1.56. The van der Waals surface area contributed by atoms with Crippen LogP contribution in [0, 0.1) is 0 Å². The molecule has 1 aromatic carbocycles. The number of aliphatic hydroxyl groups excluding tert-OH is 1. The van der Waals surface area contributed by atoms with E-state index in [1.807, 2.05) is 18.3 Å². The van der Waals surface area contributed by atoms with Gasteiger partial charge in [0.15, 0.2) is 11.5 Å². The molecular weight excluding hydrogens is 230 g/mol. The first kappa shape index (κ1) is 11.4. The predicted octanol–water partition coefficient (Wildman–Crippen LogP) is 2.49. The molecule has 3 rings (SSSR count). The number of aryl methyl sites for hydroxylation is 1. The van der Waals surface area contributed by atoms with Crippen molar-refractivity contribution in [1.82, 2.24) is 4.57 Å². The molecule has 2 heterocycles. The van der Waals surface area contributed by atoms with Crippen LogP contribution in [0.1, 0.15) is 25.5 Å². The number of hydrogen-bond acceptors (Lipinski definition) is 3. The molecule has 0 amide bonds. The molecule has 0 saturated carbocycles. The molecule has 1 aliphatic rings. The van der Waals surface area contributed by atoms with E-state index in [0.29, 0.717) is 13.2 Å². The van der Waals surface area contributed by atoms with E-state index in [2.05, 4.69) is 11.5 Å². The lowest BCUT2D eigenvalue weighted by Crippen LogP contribution is -2.15. The first-order chi connectivity index (χ1) is 8.70. The Hall–Kier alpha value is -1.68. The molecule has 1 atom stereocenters. The van der Waals surface area contributed by atoms with Crippen molar-refractivity contribution in [2.45, 2.75) is 26.5 Å². The fourth-order valence-corrected chi connectivity index (χ4v) is 2.45. The van der Waals surface area contributed by atoms with Crippen LogP contribution in [-0.2, 0) is 6.54 Å². The normalized spacial score (nSPS) is 15.9. The molecule has 2 aromatic rings. The van der Waals surface area contributed by atoms with Gasteiger partial charge in [0.25, 0.3) is 0 Å². The summed E-state index contributed by atoms with van der Waals surface area (Å²) in [5.41, 5.74) is 2.02. The second-order valence-electron chi connectivity index (χ2n) is 4.56. The number of hydrogen-bond donors (Lipinski definition) is 1. The van der Waals surface area contributed by atoms with Gasteiger partial charge in [0.05, 0.1) is 11.6 Å². The Bertz CT molecular complexity index is 586. The molecule has 0 fully saturated rings. The minimum atomic E-state index is -0.483. The molecule has 4 heteroatoms. The van der Waals surface area contributed by atoms with Crippen LogP contribution in [0.2, 0.25) is 0 Å². The quantitative estimate of drug-likeness (QED) is 0.886. The van der Waals surface area contributed by atoms with E-state index in [-0.39, 0.29) is 0 Å². The molecule has 4 nitrogen and oxygen atoms in total. The van der Waals surface area contributed by atoms with Crippen molar-refractivity contribution in [1.29, 1.82) is 0 Å². The summed E-state index contributed by atoms with van der Waals surface area (Å²) in [4.78, 5) is 0. The summed E-state index contributed by atoms with van der Waals surface area (Å²) >= 11 is 0. The molecule has 0 saturated heterocycles. The number of ether oxygens (including phenoxy) is 2.